The third-order valence-electron chi connectivity index (χ3n) is 3.84. The Labute approximate surface area is 137 Å². The number of para-hydroxylation sites is 1. The third-order valence-corrected chi connectivity index (χ3v) is 4.44. The van der Waals surface area contributed by atoms with Crippen molar-refractivity contribution >= 4 is 23.2 Å². The van der Waals surface area contributed by atoms with Crippen molar-refractivity contribution in [1.82, 2.24) is 10.2 Å². The molecule has 21 heavy (non-hydrogen) atoms. The zero-order valence-corrected chi connectivity index (χ0v) is 14.1. The number of ether oxygens (including phenoxy) is 1. The molecule has 1 aromatic carbocycles. The molecule has 0 aliphatic carbocycles. The lowest BCUT2D eigenvalue weighted by atomic mass is 10.1. The lowest BCUT2D eigenvalue weighted by molar-refractivity contribution is 0.138. The summed E-state index contributed by atoms with van der Waals surface area (Å²) in [6.07, 6.45) is 3.67. The maximum atomic E-state index is 6.12. The summed E-state index contributed by atoms with van der Waals surface area (Å²) < 4.78 is 5.81. The fourth-order valence-corrected chi connectivity index (χ4v) is 3.30. The van der Waals surface area contributed by atoms with E-state index in [0.29, 0.717) is 28.4 Å². The summed E-state index contributed by atoms with van der Waals surface area (Å²) >= 11 is 12.2. The Hall–Kier alpha value is -0.480. The van der Waals surface area contributed by atoms with E-state index in [1.807, 2.05) is 6.07 Å². The second-order valence-corrected chi connectivity index (χ2v) is 6.25. The zero-order chi connectivity index (χ0) is 15.1. The molecule has 0 aromatic heterocycles. The average Bonchev–Trinajstić information content (AvgIpc) is 2.50. The van der Waals surface area contributed by atoms with Gasteiger partial charge >= 0.3 is 0 Å². The van der Waals surface area contributed by atoms with Crippen molar-refractivity contribution in [2.45, 2.75) is 32.2 Å². The lowest BCUT2D eigenvalue weighted by Gasteiger charge is -2.34. The predicted molar refractivity (Wildman–Crippen MR) is 89.7 cm³/mol. The molecule has 1 N–H and O–H groups in total. The maximum Gasteiger partial charge on any atom is 0.156 e. The molecule has 1 saturated heterocycles. The molecular weight excluding hydrogens is 307 g/mol. The Kier molecular flexibility index (Phi) is 7.11. The highest BCUT2D eigenvalue weighted by Crippen LogP contribution is 2.32. The molecule has 0 spiro atoms. The lowest BCUT2D eigenvalue weighted by Crippen LogP contribution is -2.47. The zero-order valence-electron chi connectivity index (χ0n) is 12.6. The first-order valence-electron chi connectivity index (χ1n) is 7.74. The quantitative estimate of drug-likeness (QED) is 0.822. The van der Waals surface area contributed by atoms with E-state index in [-0.39, 0.29) is 0 Å². The van der Waals surface area contributed by atoms with Gasteiger partial charge in [-0.15, -0.1) is 0 Å². The fourth-order valence-electron chi connectivity index (χ4n) is 2.79. The van der Waals surface area contributed by atoms with Gasteiger partial charge < -0.3 is 10.1 Å². The van der Waals surface area contributed by atoms with Crippen LogP contribution in [0.3, 0.4) is 0 Å². The first-order valence-corrected chi connectivity index (χ1v) is 8.49. The molecule has 5 heteroatoms. The summed E-state index contributed by atoms with van der Waals surface area (Å²) in [7, 11) is 0. The van der Waals surface area contributed by atoms with Crippen LogP contribution in [0.5, 0.6) is 5.75 Å². The number of hydrogen-bond acceptors (Lipinski definition) is 3. The predicted octanol–water partition coefficient (Wildman–Crippen LogP) is 3.84. The van der Waals surface area contributed by atoms with E-state index in [0.717, 1.165) is 32.6 Å². The van der Waals surface area contributed by atoms with Crippen LogP contribution in [0.1, 0.15) is 26.2 Å². The Balaban J connectivity index is 1.86. The molecule has 2 rings (SSSR count). The van der Waals surface area contributed by atoms with E-state index < -0.39 is 0 Å². The minimum absolute atomic E-state index is 0.573. The van der Waals surface area contributed by atoms with Crippen LogP contribution in [-0.2, 0) is 0 Å². The SMILES string of the molecule is CCCN(CCOc1c(Cl)cccc1Cl)C1CCCNC1. The van der Waals surface area contributed by atoms with Gasteiger partial charge in [-0.2, -0.15) is 0 Å². The van der Waals surface area contributed by atoms with Crippen molar-refractivity contribution in [3.8, 4) is 5.75 Å². The number of benzene rings is 1. The molecule has 3 nitrogen and oxygen atoms in total. The number of halogens is 2. The molecule has 0 bridgehead atoms. The monoisotopic (exact) mass is 330 g/mol. The van der Waals surface area contributed by atoms with Gasteiger partial charge in [0.2, 0.25) is 0 Å². The van der Waals surface area contributed by atoms with Gasteiger partial charge in [0.1, 0.15) is 6.61 Å². The van der Waals surface area contributed by atoms with Gasteiger partial charge in [0.25, 0.3) is 0 Å². The van der Waals surface area contributed by atoms with E-state index in [1.54, 1.807) is 12.1 Å². The Bertz CT molecular complexity index is 416. The topological polar surface area (TPSA) is 24.5 Å². The van der Waals surface area contributed by atoms with E-state index in [4.69, 9.17) is 27.9 Å². The van der Waals surface area contributed by atoms with E-state index in [1.165, 1.54) is 12.8 Å². The Morgan fingerprint density at radius 2 is 2.05 bits per heavy atom. The molecule has 1 aliphatic rings. The van der Waals surface area contributed by atoms with Gasteiger partial charge in [0.05, 0.1) is 10.0 Å². The molecule has 1 aliphatic heterocycles. The Morgan fingerprint density at radius 1 is 1.29 bits per heavy atom. The number of hydrogen-bond donors (Lipinski definition) is 1. The molecule has 0 saturated carbocycles. The van der Waals surface area contributed by atoms with Crippen molar-refractivity contribution in [1.29, 1.82) is 0 Å². The van der Waals surface area contributed by atoms with Gasteiger partial charge in [-0.1, -0.05) is 36.2 Å². The first-order chi connectivity index (χ1) is 10.2. The highest BCUT2D eigenvalue weighted by Gasteiger charge is 2.20. The van der Waals surface area contributed by atoms with Crippen molar-refractivity contribution in [2.75, 3.05) is 32.8 Å². The smallest absolute Gasteiger partial charge is 0.156 e. The number of piperidine rings is 1. The maximum absolute atomic E-state index is 6.12. The van der Waals surface area contributed by atoms with Crippen LogP contribution < -0.4 is 10.1 Å². The van der Waals surface area contributed by atoms with Crippen molar-refractivity contribution in [3.05, 3.63) is 28.2 Å². The van der Waals surface area contributed by atoms with Crippen LogP contribution in [0.4, 0.5) is 0 Å². The summed E-state index contributed by atoms with van der Waals surface area (Å²) in [6.45, 7) is 7.05. The Morgan fingerprint density at radius 3 is 2.67 bits per heavy atom. The van der Waals surface area contributed by atoms with Gasteiger partial charge in [-0.25, -0.2) is 0 Å². The molecule has 1 fully saturated rings. The molecule has 1 heterocycles. The van der Waals surface area contributed by atoms with Crippen LogP contribution in [0.15, 0.2) is 18.2 Å². The van der Waals surface area contributed by atoms with E-state index in [2.05, 4.69) is 17.1 Å². The fraction of sp³-hybridized carbons (Fsp3) is 0.625. The molecule has 0 radical (unpaired) electrons. The summed E-state index contributed by atoms with van der Waals surface area (Å²) in [5.74, 6) is 0.596. The third kappa shape index (κ3) is 5.03. The van der Waals surface area contributed by atoms with E-state index in [9.17, 15) is 0 Å². The highest BCUT2D eigenvalue weighted by molar-refractivity contribution is 6.37. The van der Waals surface area contributed by atoms with Crippen molar-refractivity contribution in [3.63, 3.8) is 0 Å². The minimum Gasteiger partial charge on any atom is -0.489 e. The normalized spacial score (nSPS) is 19.0. The van der Waals surface area contributed by atoms with Crippen LogP contribution in [-0.4, -0.2) is 43.7 Å². The standard InChI is InChI=1S/C16H24Cl2N2O/c1-2-9-20(13-5-4-8-19-12-13)10-11-21-16-14(17)6-3-7-15(16)18/h3,6-7,13,19H,2,4-5,8-12H2,1H3. The summed E-state index contributed by atoms with van der Waals surface area (Å²) in [5.41, 5.74) is 0. The summed E-state index contributed by atoms with van der Waals surface area (Å²) in [5, 5.41) is 4.62. The van der Waals surface area contributed by atoms with Crippen LogP contribution in [0.2, 0.25) is 10.0 Å². The molecule has 1 unspecified atom stereocenters. The van der Waals surface area contributed by atoms with Crippen LogP contribution in [0, 0.1) is 0 Å². The number of rotatable bonds is 7. The molecule has 1 atom stereocenters. The minimum atomic E-state index is 0.573. The second kappa shape index (κ2) is 8.84. The largest absolute Gasteiger partial charge is 0.489 e. The van der Waals surface area contributed by atoms with Gasteiger partial charge in [0, 0.05) is 19.1 Å². The van der Waals surface area contributed by atoms with Crippen molar-refractivity contribution in [2.24, 2.45) is 0 Å². The molecule has 1 aromatic rings. The van der Waals surface area contributed by atoms with Gasteiger partial charge in [0.15, 0.2) is 5.75 Å². The second-order valence-electron chi connectivity index (χ2n) is 5.44. The van der Waals surface area contributed by atoms with Crippen LogP contribution in [0.25, 0.3) is 0 Å². The highest BCUT2D eigenvalue weighted by atomic mass is 35.5. The summed E-state index contributed by atoms with van der Waals surface area (Å²) in [4.78, 5) is 2.51. The van der Waals surface area contributed by atoms with Gasteiger partial charge in [-0.3, -0.25) is 4.90 Å². The van der Waals surface area contributed by atoms with E-state index >= 15 is 0 Å². The van der Waals surface area contributed by atoms with Crippen LogP contribution >= 0.6 is 23.2 Å². The molecular formula is C16H24Cl2N2O. The first kappa shape index (κ1) is 16.9. The summed E-state index contributed by atoms with van der Waals surface area (Å²) in [6, 6.07) is 6.05. The molecule has 0 amide bonds. The van der Waals surface area contributed by atoms with Crippen molar-refractivity contribution < 1.29 is 4.74 Å². The number of nitrogens with zero attached hydrogens (tertiary/aromatic N) is 1. The number of nitrogens with one attached hydrogen (secondary N) is 1. The van der Waals surface area contributed by atoms with Gasteiger partial charge in [-0.05, 0) is 44.5 Å². The molecule has 118 valence electrons. The average molecular weight is 331 g/mol.